The molecule has 0 bridgehead atoms. The lowest BCUT2D eigenvalue weighted by Gasteiger charge is -2.46. The predicted octanol–water partition coefficient (Wildman–Crippen LogP) is 1.90. The van der Waals surface area contributed by atoms with Crippen molar-refractivity contribution in [2.75, 3.05) is 31.5 Å². The van der Waals surface area contributed by atoms with Gasteiger partial charge in [-0.15, -0.1) is 0 Å². The number of rotatable bonds is 8. The van der Waals surface area contributed by atoms with Crippen molar-refractivity contribution in [1.29, 1.82) is 5.26 Å². The normalized spacial score (nSPS) is 15.1. The highest BCUT2D eigenvalue weighted by Crippen LogP contribution is 2.29. The van der Waals surface area contributed by atoms with Crippen molar-refractivity contribution in [2.45, 2.75) is 18.1 Å². The van der Waals surface area contributed by atoms with E-state index < -0.39 is 24.3 Å². The number of nitriles is 1. The second-order valence-corrected chi connectivity index (χ2v) is 9.05. The van der Waals surface area contributed by atoms with E-state index in [0.717, 1.165) is 0 Å². The third-order valence-corrected chi connectivity index (χ3v) is 6.12. The maximum atomic E-state index is 12.3. The Labute approximate surface area is 226 Å². The van der Waals surface area contributed by atoms with Crippen molar-refractivity contribution in [3.8, 4) is 17.3 Å². The lowest BCUT2D eigenvalue weighted by atomic mass is 9.87. The molecule has 1 aliphatic heterocycles. The van der Waals surface area contributed by atoms with E-state index in [4.69, 9.17) is 11.5 Å². The van der Waals surface area contributed by atoms with Gasteiger partial charge in [-0.3, -0.25) is 9.79 Å². The standard InChI is InChI=1S/C25H25F3N10O2/c26-25(27,28)13-33-23(40)36-19-3-1-2-16(6-19)20-12-32-21-7-17(11-35-38(20)21)18(8-30)10-34-24(4-5-29)14-37(15-24)22(39)9-31/h1-3,6-8,10-12H,4,9,13-15,30-31H2,(H2,33,36,40). The zero-order valence-electron chi connectivity index (χ0n) is 21.0. The maximum absolute atomic E-state index is 12.3. The Bertz CT molecular complexity index is 1520. The first-order valence-corrected chi connectivity index (χ1v) is 11.9. The second-order valence-electron chi connectivity index (χ2n) is 9.05. The zero-order valence-corrected chi connectivity index (χ0v) is 21.0. The van der Waals surface area contributed by atoms with Crippen LogP contribution in [0.4, 0.5) is 23.7 Å². The zero-order chi connectivity index (χ0) is 28.9. The summed E-state index contributed by atoms with van der Waals surface area (Å²) in [6.07, 6.45) is 1.60. The fourth-order valence-corrected chi connectivity index (χ4v) is 4.12. The van der Waals surface area contributed by atoms with E-state index in [9.17, 15) is 28.0 Å². The van der Waals surface area contributed by atoms with Gasteiger partial charge in [0.2, 0.25) is 5.91 Å². The number of nitrogens with zero attached hydrogens (tertiary/aromatic N) is 6. The van der Waals surface area contributed by atoms with Crippen molar-refractivity contribution in [3.63, 3.8) is 0 Å². The molecule has 6 N–H and O–H groups in total. The minimum atomic E-state index is -4.52. The predicted molar refractivity (Wildman–Crippen MR) is 141 cm³/mol. The molecule has 15 heteroatoms. The van der Waals surface area contributed by atoms with Crippen molar-refractivity contribution in [1.82, 2.24) is 24.8 Å². The monoisotopic (exact) mass is 554 g/mol. The number of halogens is 3. The van der Waals surface area contributed by atoms with E-state index >= 15 is 0 Å². The van der Waals surface area contributed by atoms with Crippen molar-refractivity contribution >= 4 is 35.1 Å². The SMILES string of the molecule is N#CCC1(N=CC(=CN)c2cnn3c(-c4cccc(NC(=O)NCC(F)(F)F)c4)cnc3c2)CN(C(=O)CN)C1. The van der Waals surface area contributed by atoms with Crippen LogP contribution in [0.1, 0.15) is 12.0 Å². The maximum Gasteiger partial charge on any atom is 0.405 e. The van der Waals surface area contributed by atoms with Crippen molar-refractivity contribution in [2.24, 2.45) is 16.5 Å². The van der Waals surface area contributed by atoms with E-state index in [-0.39, 0.29) is 37.6 Å². The van der Waals surface area contributed by atoms with Crippen LogP contribution in [0.5, 0.6) is 0 Å². The molecule has 40 heavy (non-hydrogen) atoms. The number of benzene rings is 1. The van der Waals surface area contributed by atoms with Crippen LogP contribution in [0, 0.1) is 11.3 Å². The van der Waals surface area contributed by atoms with Gasteiger partial charge in [0.05, 0.1) is 37.1 Å². The molecule has 3 aromatic rings. The molecular weight excluding hydrogens is 529 g/mol. The largest absolute Gasteiger partial charge is 0.405 e. The van der Waals surface area contributed by atoms with E-state index in [1.54, 1.807) is 51.4 Å². The third kappa shape index (κ3) is 6.35. The number of nitrogens with two attached hydrogens (primary N) is 2. The molecule has 3 amide bonds. The molecule has 2 aromatic heterocycles. The van der Waals surface area contributed by atoms with Gasteiger partial charge in [-0.2, -0.15) is 23.5 Å². The minimum absolute atomic E-state index is 0.115. The Morgan fingerprint density at radius 1 is 1.25 bits per heavy atom. The number of urea groups is 1. The molecule has 1 aromatic carbocycles. The van der Waals surface area contributed by atoms with Crippen LogP contribution in [0.3, 0.4) is 0 Å². The minimum Gasteiger partial charge on any atom is -0.404 e. The molecule has 12 nitrogen and oxygen atoms in total. The van der Waals surface area contributed by atoms with E-state index in [1.165, 1.54) is 18.5 Å². The number of hydrogen-bond acceptors (Lipinski definition) is 8. The van der Waals surface area contributed by atoms with Crippen LogP contribution < -0.4 is 22.1 Å². The Morgan fingerprint density at radius 3 is 2.70 bits per heavy atom. The number of allylic oxidation sites excluding steroid dienone is 1. The highest BCUT2D eigenvalue weighted by Gasteiger charge is 2.44. The number of imidazole rings is 1. The van der Waals surface area contributed by atoms with Crippen LogP contribution in [-0.4, -0.2) is 75.5 Å². The number of hydrogen-bond donors (Lipinski definition) is 4. The van der Waals surface area contributed by atoms with Gasteiger partial charge in [-0.05, 0) is 18.2 Å². The van der Waals surface area contributed by atoms with Gasteiger partial charge in [0, 0.05) is 47.9 Å². The molecule has 1 aliphatic rings. The number of carbonyl (C=O) groups excluding carboxylic acids is 2. The number of fused-ring (bicyclic) bond motifs is 1. The number of nitrogens with one attached hydrogen (secondary N) is 2. The first kappa shape index (κ1) is 28.0. The molecule has 1 saturated heterocycles. The molecule has 4 rings (SSSR count). The summed E-state index contributed by atoms with van der Waals surface area (Å²) < 4.78 is 38.6. The number of alkyl halides is 3. The van der Waals surface area contributed by atoms with Gasteiger partial charge < -0.3 is 27.0 Å². The van der Waals surface area contributed by atoms with E-state index in [1.807, 2.05) is 0 Å². The summed E-state index contributed by atoms with van der Waals surface area (Å²) in [5.74, 6) is -0.214. The average Bonchev–Trinajstić information content (AvgIpc) is 3.33. The van der Waals surface area contributed by atoms with Crippen molar-refractivity contribution < 1.29 is 22.8 Å². The van der Waals surface area contributed by atoms with Crippen molar-refractivity contribution in [3.05, 3.63) is 54.5 Å². The average molecular weight is 555 g/mol. The van der Waals surface area contributed by atoms with Gasteiger partial charge in [0.15, 0.2) is 5.65 Å². The Balaban J connectivity index is 1.51. The Morgan fingerprint density at radius 2 is 2.02 bits per heavy atom. The topological polar surface area (TPSA) is 180 Å². The van der Waals surface area contributed by atoms with Gasteiger partial charge in [0.25, 0.3) is 0 Å². The van der Waals surface area contributed by atoms with E-state index in [0.29, 0.717) is 28.0 Å². The number of likely N-dealkylation sites (tertiary alicyclic amines) is 1. The molecule has 1 fully saturated rings. The Kier molecular flexibility index (Phi) is 8.00. The molecule has 0 saturated carbocycles. The summed E-state index contributed by atoms with van der Waals surface area (Å²) in [5.41, 5.74) is 13.6. The fraction of sp³-hybridized carbons (Fsp3) is 0.280. The van der Waals surface area contributed by atoms with Crippen LogP contribution in [0.15, 0.2) is 53.9 Å². The lowest BCUT2D eigenvalue weighted by Crippen LogP contribution is -2.63. The summed E-state index contributed by atoms with van der Waals surface area (Å²) in [4.78, 5) is 34.1. The summed E-state index contributed by atoms with van der Waals surface area (Å²) in [7, 11) is 0. The summed E-state index contributed by atoms with van der Waals surface area (Å²) in [6, 6.07) is 9.34. The van der Waals surface area contributed by atoms with Gasteiger partial charge in [-0.25, -0.2) is 14.3 Å². The van der Waals surface area contributed by atoms with Crippen LogP contribution >= 0.6 is 0 Å². The summed E-state index contributed by atoms with van der Waals surface area (Å²) in [6.45, 7) is -1.00. The smallest absolute Gasteiger partial charge is 0.404 e. The lowest BCUT2D eigenvalue weighted by molar-refractivity contribution is -0.136. The van der Waals surface area contributed by atoms with Gasteiger partial charge in [-0.1, -0.05) is 12.1 Å². The molecule has 208 valence electrons. The Hall–Kier alpha value is -4.97. The molecule has 0 aliphatic carbocycles. The third-order valence-electron chi connectivity index (χ3n) is 6.12. The van der Waals surface area contributed by atoms with Gasteiger partial charge in [0.1, 0.15) is 12.1 Å². The quantitative estimate of drug-likeness (QED) is 0.307. The molecule has 0 radical (unpaired) electrons. The molecule has 0 atom stereocenters. The number of anilines is 1. The number of carbonyl (C=O) groups is 2. The first-order chi connectivity index (χ1) is 19.1. The number of aromatic nitrogens is 3. The van der Waals surface area contributed by atoms with Crippen LogP contribution in [0.2, 0.25) is 0 Å². The molecular formula is C25H25F3N10O2. The van der Waals surface area contributed by atoms with Crippen LogP contribution in [-0.2, 0) is 4.79 Å². The fourth-order valence-electron chi connectivity index (χ4n) is 4.12. The first-order valence-electron chi connectivity index (χ1n) is 11.9. The second kappa shape index (κ2) is 11.4. The molecule has 0 spiro atoms. The molecule has 0 unspecified atom stereocenters. The molecule has 3 heterocycles. The summed E-state index contributed by atoms with van der Waals surface area (Å²) in [5, 5.41) is 17.8. The number of amides is 3. The number of aliphatic imine (C=N–C) groups is 1. The van der Waals surface area contributed by atoms with Gasteiger partial charge >= 0.3 is 12.2 Å². The summed E-state index contributed by atoms with van der Waals surface area (Å²) >= 11 is 0. The highest BCUT2D eigenvalue weighted by molar-refractivity contribution is 6.10. The van der Waals surface area contributed by atoms with E-state index in [2.05, 4.69) is 26.5 Å². The highest BCUT2D eigenvalue weighted by atomic mass is 19.4. The van der Waals surface area contributed by atoms with Crippen LogP contribution in [0.25, 0.3) is 22.5 Å².